The van der Waals surface area contributed by atoms with E-state index in [1.807, 2.05) is 6.07 Å². The number of esters is 1. The molecule has 0 aliphatic heterocycles. The fraction of sp³-hybridized carbons (Fsp3) is 0.625. The maximum atomic E-state index is 11.1. The van der Waals surface area contributed by atoms with Gasteiger partial charge < -0.3 is 4.74 Å². The van der Waals surface area contributed by atoms with E-state index in [4.69, 9.17) is 10.00 Å². The second kappa shape index (κ2) is 12.9. The predicted molar refractivity (Wildman–Crippen MR) is 79.5 cm³/mol. The highest BCUT2D eigenvalue weighted by atomic mass is 16.5. The van der Waals surface area contributed by atoms with Crippen LogP contribution in [0, 0.1) is 17.2 Å². The number of nitrogens with zero attached hydrogens (tertiary/aromatic N) is 1. The van der Waals surface area contributed by atoms with Crippen molar-refractivity contribution >= 4 is 5.97 Å². The number of nitriles is 1. The minimum absolute atomic E-state index is 0.264. The summed E-state index contributed by atoms with van der Waals surface area (Å²) in [6, 6.07) is 1.83. The van der Waals surface area contributed by atoms with E-state index in [2.05, 4.69) is 27.0 Å². The van der Waals surface area contributed by atoms with Crippen molar-refractivity contribution < 1.29 is 9.53 Å². The van der Waals surface area contributed by atoms with E-state index < -0.39 is 0 Å². The molecule has 0 aromatic heterocycles. The number of rotatable bonds is 7. The Morgan fingerprint density at radius 1 is 1.32 bits per heavy atom. The first-order valence-corrected chi connectivity index (χ1v) is 6.77. The Labute approximate surface area is 118 Å². The minimum Gasteiger partial charge on any atom is -0.462 e. The van der Waals surface area contributed by atoms with Crippen molar-refractivity contribution in [2.45, 2.75) is 53.4 Å². The largest absolute Gasteiger partial charge is 0.462 e. The zero-order chi connectivity index (χ0) is 15.3. The van der Waals surface area contributed by atoms with Gasteiger partial charge in [0.2, 0.25) is 0 Å². The molecule has 3 nitrogen and oxygen atoms in total. The molecular weight excluding hydrogens is 238 g/mol. The zero-order valence-electron chi connectivity index (χ0n) is 12.8. The average Bonchev–Trinajstić information content (AvgIpc) is 2.39. The van der Waals surface area contributed by atoms with Gasteiger partial charge >= 0.3 is 5.97 Å². The van der Waals surface area contributed by atoms with Gasteiger partial charge in [-0.15, -0.1) is 0 Å². The Bertz CT molecular complexity index is 326. The third-order valence-corrected chi connectivity index (χ3v) is 2.53. The lowest BCUT2D eigenvalue weighted by Crippen LogP contribution is -2.14. The molecular formula is C16H27NO2. The Balaban J connectivity index is 0. The van der Waals surface area contributed by atoms with Crippen LogP contribution in [0.3, 0.4) is 0 Å². The normalized spacial score (nSPS) is 10.5. The quantitative estimate of drug-likeness (QED) is 0.389. The molecule has 0 amide bonds. The van der Waals surface area contributed by atoms with E-state index >= 15 is 0 Å². The van der Waals surface area contributed by atoms with Gasteiger partial charge in [-0.05, 0) is 26.2 Å². The molecule has 0 aliphatic carbocycles. The first-order valence-electron chi connectivity index (χ1n) is 6.77. The van der Waals surface area contributed by atoms with Crippen LogP contribution < -0.4 is 0 Å². The van der Waals surface area contributed by atoms with E-state index in [0.717, 1.165) is 12.8 Å². The molecule has 0 radical (unpaired) electrons. The Kier molecular flexibility index (Phi) is 13.4. The summed E-state index contributed by atoms with van der Waals surface area (Å²) in [6.07, 6.45) is 4.63. The molecule has 108 valence electrons. The first kappa shape index (κ1) is 19.8. The van der Waals surface area contributed by atoms with Gasteiger partial charge in [-0.25, -0.2) is 4.79 Å². The second-order valence-electron chi connectivity index (χ2n) is 4.69. The Morgan fingerprint density at radius 3 is 2.16 bits per heavy atom. The van der Waals surface area contributed by atoms with E-state index in [1.54, 1.807) is 13.8 Å². The van der Waals surface area contributed by atoms with Gasteiger partial charge in [0.25, 0.3) is 0 Å². The van der Waals surface area contributed by atoms with E-state index in [-0.39, 0.29) is 5.97 Å². The van der Waals surface area contributed by atoms with Crippen molar-refractivity contribution in [3.05, 3.63) is 24.3 Å². The molecule has 0 spiro atoms. The molecule has 0 fully saturated rings. The van der Waals surface area contributed by atoms with Crippen molar-refractivity contribution in [2.24, 2.45) is 5.92 Å². The van der Waals surface area contributed by atoms with Crippen LogP contribution in [0.5, 0.6) is 0 Å². The second-order valence-corrected chi connectivity index (χ2v) is 4.69. The van der Waals surface area contributed by atoms with Crippen LogP contribution in [0.4, 0.5) is 0 Å². The van der Waals surface area contributed by atoms with E-state index in [9.17, 15) is 4.79 Å². The summed E-state index contributed by atoms with van der Waals surface area (Å²) in [5.41, 5.74) is 1.04. The number of ether oxygens (including phenoxy) is 1. The van der Waals surface area contributed by atoms with Gasteiger partial charge in [-0.2, -0.15) is 5.26 Å². The third-order valence-electron chi connectivity index (χ3n) is 2.53. The van der Waals surface area contributed by atoms with Crippen LogP contribution >= 0.6 is 0 Å². The van der Waals surface area contributed by atoms with Crippen LogP contribution in [-0.2, 0) is 9.53 Å². The van der Waals surface area contributed by atoms with Crippen molar-refractivity contribution in [3.8, 4) is 6.07 Å². The van der Waals surface area contributed by atoms with E-state index in [1.165, 1.54) is 12.8 Å². The molecule has 0 saturated carbocycles. The standard InChI is InChI=1S/C12H22O2.C4H5N/c1-5-7-8-11(6-2)9-14-12(13)10(3)4;1-4(2)3-5/h11H,3,5-9H2,1-2,4H3;1H2,2H3. The number of hydrogen-bond donors (Lipinski definition) is 0. The number of hydrogen-bond acceptors (Lipinski definition) is 3. The smallest absolute Gasteiger partial charge is 0.333 e. The summed E-state index contributed by atoms with van der Waals surface area (Å²) in [5.74, 6) is 0.248. The summed E-state index contributed by atoms with van der Waals surface area (Å²) < 4.78 is 5.12. The molecule has 3 heteroatoms. The predicted octanol–water partition coefficient (Wildman–Crippen LogP) is 4.41. The maximum Gasteiger partial charge on any atom is 0.333 e. The Hall–Kier alpha value is -1.56. The number of allylic oxidation sites excluding steroid dienone is 1. The highest BCUT2D eigenvalue weighted by Gasteiger charge is 2.09. The van der Waals surface area contributed by atoms with Gasteiger partial charge in [-0.3, -0.25) is 0 Å². The SMILES string of the molecule is C=C(C)C#N.C=C(C)C(=O)OCC(CC)CCCC. The minimum atomic E-state index is -0.264. The molecule has 0 heterocycles. The fourth-order valence-electron chi connectivity index (χ4n) is 1.21. The molecule has 19 heavy (non-hydrogen) atoms. The topological polar surface area (TPSA) is 50.1 Å². The Morgan fingerprint density at radius 2 is 1.84 bits per heavy atom. The lowest BCUT2D eigenvalue weighted by Gasteiger charge is -2.14. The lowest BCUT2D eigenvalue weighted by atomic mass is 10.0. The third kappa shape index (κ3) is 14.4. The number of carbonyl (C=O) groups excluding carboxylic acids is 1. The molecule has 1 unspecified atom stereocenters. The van der Waals surface area contributed by atoms with Crippen molar-refractivity contribution in [3.63, 3.8) is 0 Å². The highest BCUT2D eigenvalue weighted by Crippen LogP contribution is 2.13. The van der Waals surface area contributed by atoms with Gasteiger partial charge in [0.05, 0.1) is 12.7 Å². The molecule has 0 N–H and O–H groups in total. The summed E-state index contributed by atoms with van der Waals surface area (Å²) in [5, 5.41) is 7.79. The van der Waals surface area contributed by atoms with Crippen LogP contribution in [0.1, 0.15) is 53.4 Å². The summed E-state index contributed by atoms with van der Waals surface area (Å²) in [7, 11) is 0. The monoisotopic (exact) mass is 265 g/mol. The lowest BCUT2D eigenvalue weighted by molar-refractivity contribution is -0.140. The number of carbonyl (C=O) groups is 1. The average molecular weight is 265 g/mol. The molecule has 1 atom stereocenters. The molecule has 0 aromatic rings. The van der Waals surface area contributed by atoms with E-state index in [0.29, 0.717) is 23.7 Å². The maximum absolute atomic E-state index is 11.1. The zero-order valence-corrected chi connectivity index (χ0v) is 12.8. The van der Waals surface area contributed by atoms with Crippen LogP contribution in [0.2, 0.25) is 0 Å². The molecule has 0 saturated heterocycles. The molecule has 0 aliphatic rings. The first-order chi connectivity index (χ1) is 8.88. The van der Waals surface area contributed by atoms with Crippen molar-refractivity contribution in [1.29, 1.82) is 5.26 Å². The summed E-state index contributed by atoms with van der Waals surface area (Å²) in [4.78, 5) is 11.1. The summed E-state index contributed by atoms with van der Waals surface area (Å²) in [6.45, 7) is 15.1. The molecule has 0 bridgehead atoms. The van der Waals surface area contributed by atoms with Gasteiger partial charge in [0.1, 0.15) is 0 Å². The van der Waals surface area contributed by atoms with Crippen molar-refractivity contribution in [1.82, 2.24) is 0 Å². The van der Waals surface area contributed by atoms with Crippen LogP contribution in [-0.4, -0.2) is 12.6 Å². The van der Waals surface area contributed by atoms with Gasteiger partial charge in [-0.1, -0.05) is 46.3 Å². The van der Waals surface area contributed by atoms with Crippen LogP contribution in [0.25, 0.3) is 0 Å². The fourth-order valence-corrected chi connectivity index (χ4v) is 1.21. The number of unbranched alkanes of at least 4 members (excludes halogenated alkanes) is 1. The molecule has 0 rings (SSSR count). The summed E-state index contributed by atoms with van der Waals surface area (Å²) >= 11 is 0. The van der Waals surface area contributed by atoms with Crippen molar-refractivity contribution in [2.75, 3.05) is 6.61 Å². The van der Waals surface area contributed by atoms with Gasteiger partial charge in [0.15, 0.2) is 0 Å². The molecule has 0 aromatic carbocycles. The van der Waals surface area contributed by atoms with Gasteiger partial charge in [0, 0.05) is 11.1 Å². The van der Waals surface area contributed by atoms with Crippen LogP contribution in [0.15, 0.2) is 24.3 Å². The highest BCUT2D eigenvalue weighted by molar-refractivity contribution is 5.86.